The van der Waals surface area contributed by atoms with Crippen LogP contribution in [-0.2, 0) is 12.8 Å². The fourth-order valence-electron chi connectivity index (χ4n) is 3.90. The lowest BCUT2D eigenvalue weighted by atomic mass is 9.72. The summed E-state index contributed by atoms with van der Waals surface area (Å²) in [4.78, 5) is 0. The van der Waals surface area contributed by atoms with Crippen molar-refractivity contribution >= 4 is 0 Å². The zero-order valence-electron chi connectivity index (χ0n) is 16.7. The zero-order valence-corrected chi connectivity index (χ0v) is 16.7. The summed E-state index contributed by atoms with van der Waals surface area (Å²) in [5.74, 6) is 0. The first-order valence-electron chi connectivity index (χ1n) is 10.1. The zero-order chi connectivity index (χ0) is 18.2. The van der Waals surface area contributed by atoms with E-state index in [1.165, 1.54) is 56.1 Å². The molecule has 136 valence electrons. The molecule has 0 fully saturated rings. The van der Waals surface area contributed by atoms with Crippen LogP contribution in [0.1, 0.15) is 70.9 Å². The molecule has 0 saturated heterocycles. The monoisotopic (exact) mass is 336 g/mol. The average molecular weight is 337 g/mol. The van der Waals surface area contributed by atoms with E-state index < -0.39 is 0 Å². The Morgan fingerprint density at radius 3 is 1.28 bits per heavy atom. The molecular weight excluding hydrogens is 300 g/mol. The van der Waals surface area contributed by atoms with Gasteiger partial charge in [0.2, 0.25) is 0 Å². The normalized spacial score (nSPS) is 16.2. The van der Waals surface area contributed by atoms with Gasteiger partial charge in [-0.3, -0.25) is 0 Å². The summed E-state index contributed by atoms with van der Waals surface area (Å²) in [7, 11) is 0. The molecule has 0 aromatic heterocycles. The van der Waals surface area contributed by atoms with E-state index in [4.69, 9.17) is 0 Å². The topological polar surface area (TPSA) is 0 Å². The molecule has 25 heavy (non-hydrogen) atoms. The van der Waals surface area contributed by atoms with E-state index in [1.807, 2.05) is 0 Å². The van der Waals surface area contributed by atoms with Crippen molar-refractivity contribution in [3.63, 3.8) is 0 Å². The van der Waals surface area contributed by atoms with Crippen LogP contribution in [-0.4, -0.2) is 0 Å². The van der Waals surface area contributed by atoms with Crippen molar-refractivity contribution in [3.05, 3.63) is 71.8 Å². The molecular formula is C25H36. The van der Waals surface area contributed by atoms with E-state index in [9.17, 15) is 0 Å². The third kappa shape index (κ3) is 6.34. The molecule has 2 unspecified atom stereocenters. The second-order valence-electron chi connectivity index (χ2n) is 8.51. The maximum absolute atomic E-state index is 2.47. The molecule has 0 aliphatic carbocycles. The largest absolute Gasteiger partial charge is 0.0649 e. The van der Waals surface area contributed by atoms with Crippen molar-refractivity contribution in [1.29, 1.82) is 0 Å². The highest BCUT2D eigenvalue weighted by molar-refractivity contribution is 5.17. The molecule has 2 aromatic carbocycles. The van der Waals surface area contributed by atoms with Gasteiger partial charge >= 0.3 is 0 Å². The van der Waals surface area contributed by atoms with E-state index in [0.29, 0.717) is 10.8 Å². The Morgan fingerprint density at radius 2 is 0.960 bits per heavy atom. The molecule has 0 N–H and O–H groups in total. The molecule has 0 aliphatic heterocycles. The van der Waals surface area contributed by atoms with Crippen molar-refractivity contribution in [2.45, 2.75) is 72.6 Å². The minimum atomic E-state index is 0.419. The second kappa shape index (κ2) is 9.22. The number of hydrogen-bond donors (Lipinski definition) is 0. The van der Waals surface area contributed by atoms with Crippen molar-refractivity contribution < 1.29 is 0 Å². The first-order chi connectivity index (χ1) is 12.0. The molecule has 2 atom stereocenters. The highest BCUT2D eigenvalue weighted by Gasteiger charge is 2.26. The van der Waals surface area contributed by atoms with Crippen LogP contribution < -0.4 is 0 Å². The van der Waals surface area contributed by atoms with Gasteiger partial charge in [-0.15, -0.1) is 0 Å². The Hall–Kier alpha value is -1.56. The van der Waals surface area contributed by atoms with Gasteiger partial charge in [-0.1, -0.05) is 108 Å². The van der Waals surface area contributed by atoms with Gasteiger partial charge in [-0.05, 0) is 47.6 Å². The molecule has 2 rings (SSSR count). The molecule has 0 radical (unpaired) electrons. The summed E-state index contributed by atoms with van der Waals surface area (Å²) in [6, 6.07) is 22.0. The summed E-state index contributed by atoms with van der Waals surface area (Å²) in [5, 5.41) is 0. The van der Waals surface area contributed by atoms with Gasteiger partial charge in [-0.25, -0.2) is 0 Å². The van der Waals surface area contributed by atoms with Gasteiger partial charge in [0.15, 0.2) is 0 Å². The SMILES string of the molecule is CCC(C)(CCCC(C)(CC)Cc1ccccc1)Cc1ccccc1. The van der Waals surface area contributed by atoms with Gasteiger partial charge in [0.05, 0.1) is 0 Å². The second-order valence-corrected chi connectivity index (χ2v) is 8.51. The summed E-state index contributed by atoms with van der Waals surface area (Å²) in [6.45, 7) is 9.65. The van der Waals surface area contributed by atoms with E-state index in [1.54, 1.807) is 0 Å². The van der Waals surface area contributed by atoms with Gasteiger partial charge in [-0.2, -0.15) is 0 Å². The van der Waals surface area contributed by atoms with Crippen LogP contribution >= 0.6 is 0 Å². The van der Waals surface area contributed by atoms with Crippen LogP contribution in [0, 0.1) is 10.8 Å². The quantitative estimate of drug-likeness (QED) is 0.422. The Morgan fingerprint density at radius 1 is 0.600 bits per heavy atom. The maximum Gasteiger partial charge on any atom is -0.0225 e. The van der Waals surface area contributed by atoms with Crippen LogP contribution in [0.5, 0.6) is 0 Å². The summed E-state index contributed by atoms with van der Waals surface area (Å²) in [6.07, 6.45) is 8.88. The first-order valence-corrected chi connectivity index (χ1v) is 10.1. The molecule has 0 bridgehead atoms. The van der Waals surface area contributed by atoms with Crippen LogP contribution in [0.15, 0.2) is 60.7 Å². The third-order valence-corrected chi connectivity index (χ3v) is 6.22. The highest BCUT2D eigenvalue weighted by atomic mass is 14.3. The minimum Gasteiger partial charge on any atom is -0.0649 e. The molecule has 0 spiro atoms. The summed E-state index contributed by atoms with van der Waals surface area (Å²) >= 11 is 0. The van der Waals surface area contributed by atoms with Crippen molar-refractivity contribution in [2.75, 3.05) is 0 Å². The highest BCUT2D eigenvalue weighted by Crippen LogP contribution is 2.37. The minimum absolute atomic E-state index is 0.419. The predicted octanol–water partition coefficient (Wildman–Crippen LogP) is 7.47. The van der Waals surface area contributed by atoms with Crippen LogP contribution in [0.25, 0.3) is 0 Å². The number of hydrogen-bond acceptors (Lipinski definition) is 0. The molecule has 0 saturated carbocycles. The molecule has 0 amide bonds. The Balaban J connectivity index is 1.91. The Kier molecular flexibility index (Phi) is 7.29. The lowest BCUT2D eigenvalue weighted by Crippen LogP contribution is -2.22. The van der Waals surface area contributed by atoms with Crippen LogP contribution in [0.3, 0.4) is 0 Å². The molecule has 0 nitrogen and oxygen atoms in total. The van der Waals surface area contributed by atoms with Gasteiger partial charge in [0, 0.05) is 0 Å². The fraction of sp³-hybridized carbons (Fsp3) is 0.520. The first kappa shape index (κ1) is 19.8. The Labute approximate surface area is 155 Å². The van der Waals surface area contributed by atoms with Crippen molar-refractivity contribution in [3.8, 4) is 0 Å². The average Bonchev–Trinajstić information content (AvgIpc) is 2.63. The van der Waals surface area contributed by atoms with Crippen molar-refractivity contribution in [2.24, 2.45) is 10.8 Å². The van der Waals surface area contributed by atoms with Gasteiger partial charge < -0.3 is 0 Å². The lowest BCUT2D eigenvalue weighted by molar-refractivity contribution is 0.221. The molecule has 0 heterocycles. The van der Waals surface area contributed by atoms with Crippen LogP contribution in [0.4, 0.5) is 0 Å². The van der Waals surface area contributed by atoms with E-state index in [-0.39, 0.29) is 0 Å². The smallest absolute Gasteiger partial charge is 0.0225 e. The van der Waals surface area contributed by atoms with Gasteiger partial charge in [0.25, 0.3) is 0 Å². The Bertz CT molecular complexity index is 545. The van der Waals surface area contributed by atoms with E-state index in [0.717, 1.165) is 0 Å². The van der Waals surface area contributed by atoms with Crippen molar-refractivity contribution in [1.82, 2.24) is 0 Å². The van der Waals surface area contributed by atoms with E-state index >= 15 is 0 Å². The molecule has 0 aliphatic rings. The van der Waals surface area contributed by atoms with E-state index in [2.05, 4.69) is 88.4 Å². The fourth-order valence-corrected chi connectivity index (χ4v) is 3.90. The molecule has 2 aromatic rings. The standard InChI is InChI=1S/C25H36/c1-5-24(3,20-22-14-9-7-10-15-22)18-13-19-25(4,6-2)21-23-16-11-8-12-17-23/h7-12,14-17H,5-6,13,18-21H2,1-4H3. The number of benzene rings is 2. The number of rotatable bonds is 10. The maximum atomic E-state index is 2.47. The third-order valence-electron chi connectivity index (χ3n) is 6.22. The van der Waals surface area contributed by atoms with Crippen LogP contribution in [0.2, 0.25) is 0 Å². The van der Waals surface area contributed by atoms with Gasteiger partial charge in [0.1, 0.15) is 0 Å². The summed E-state index contributed by atoms with van der Waals surface area (Å²) < 4.78 is 0. The predicted molar refractivity (Wildman–Crippen MR) is 111 cm³/mol. The lowest BCUT2D eigenvalue weighted by Gasteiger charge is -2.33. The summed E-state index contributed by atoms with van der Waals surface area (Å²) in [5.41, 5.74) is 3.80. The molecule has 0 heteroatoms.